The summed E-state index contributed by atoms with van der Waals surface area (Å²) < 4.78 is 0. The Morgan fingerprint density at radius 3 is 2.47 bits per heavy atom. The Morgan fingerprint density at radius 1 is 0.947 bits per heavy atom. The van der Waals surface area contributed by atoms with Crippen molar-refractivity contribution < 1.29 is 0 Å². The van der Waals surface area contributed by atoms with Gasteiger partial charge in [0.25, 0.3) is 0 Å². The molecule has 0 fully saturated rings. The van der Waals surface area contributed by atoms with Crippen LogP contribution in [0.15, 0.2) is 42.5 Å². The molecule has 1 N–H and O–H groups in total. The lowest BCUT2D eigenvalue weighted by atomic mass is 9.73. The van der Waals surface area contributed by atoms with E-state index in [-0.39, 0.29) is 5.41 Å². The fourth-order valence-electron chi connectivity index (χ4n) is 3.16. The molecule has 0 saturated carbocycles. The van der Waals surface area contributed by atoms with E-state index in [0.29, 0.717) is 0 Å². The van der Waals surface area contributed by atoms with Gasteiger partial charge in [-0.1, -0.05) is 63.6 Å². The molecule has 0 saturated heterocycles. The van der Waals surface area contributed by atoms with Gasteiger partial charge in [-0.05, 0) is 29.2 Å². The van der Waals surface area contributed by atoms with Crippen LogP contribution in [-0.2, 0) is 11.8 Å². The Kier molecular flexibility index (Phi) is 2.85. The summed E-state index contributed by atoms with van der Waals surface area (Å²) in [6.45, 7) is 6.88. The summed E-state index contributed by atoms with van der Waals surface area (Å²) in [5.41, 5.74) is 6.88. The monoisotopic (exact) mass is 251 g/mol. The average Bonchev–Trinajstić information content (AvgIpc) is 2.40. The first-order chi connectivity index (χ1) is 9.14. The van der Waals surface area contributed by atoms with E-state index in [9.17, 15) is 0 Å². The minimum absolute atomic E-state index is 0.0704. The van der Waals surface area contributed by atoms with Crippen molar-refractivity contribution in [2.45, 2.75) is 39.0 Å². The molecule has 2 aromatic carbocycles. The summed E-state index contributed by atoms with van der Waals surface area (Å²) in [7, 11) is 0. The molecule has 1 aliphatic heterocycles. The van der Waals surface area contributed by atoms with Crippen LogP contribution < -0.4 is 5.32 Å². The van der Waals surface area contributed by atoms with E-state index in [1.54, 1.807) is 0 Å². The smallest absolute Gasteiger partial charge is 0.0458 e. The van der Waals surface area contributed by atoms with Crippen molar-refractivity contribution in [2.75, 3.05) is 5.32 Å². The molecule has 0 radical (unpaired) electrons. The van der Waals surface area contributed by atoms with E-state index in [4.69, 9.17) is 0 Å². The summed E-state index contributed by atoms with van der Waals surface area (Å²) in [5, 5.41) is 3.65. The van der Waals surface area contributed by atoms with Crippen molar-refractivity contribution in [1.82, 2.24) is 0 Å². The van der Waals surface area contributed by atoms with Crippen LogP contribution in [0, 0.1) is 0 Å². The Hall–Kier alpha value is -1.76. The fourth-order valence-corrected chi connectivity index (χ4v) is 3.16. The Bertz CT molecular complexity index is 611. The molecule has 0 unspecified atom stereocenters. The maximum Gasteiger partial charge on any atom is 0.0458 e. The maximum atomic E-state index is 3.65. The number of nitrogens with one attached hydrogen (secondary N) is 1. The van der Waals surface area contributed by atoms with Gasteiger partial charge >= 0.3 is 0 Å². The van der Waals surface area contributed by atoms with Crippen LogP contribution >= 0.6 is 0 Å². The minimum atomic E-state index is 0.0704. The zero-order valence-electron chi connectivity index (χ0n) is 12.0. The SMILES string of the molecule is CCCc1cccc2c1Nc1ccccc1C2(C)C. The van der Waals surface area contributed by atoms with Gasteiger partial charge in [0.1, 0.15) is 0 Å². The van der Waals surface area contributed by atoms with Crippen LogP contribution in [0.4, 0.5) is 11.4 Å². The highest BCUT2D eigenvalue weighted by Crippen LogP contribution is 2.46. The van der Waals surface area contributed by atoms with Crippen molar-refractivity contribution in [3.8, 4) is 0 Å². The summed E-state index contributed by atoms with van der Waals surface area (Å²) in [6, 6.07) is 15.4. The molecule has 2 aromatic rings. The van der Waals surface area contributed by atoms with Crippen LogP contribution in [0.5, 0.6) is 0 Å². The van der Waals surface area contributed by atoms with Gasteiger partial charge in [-0.25, -0.2) is 0 Å². The highest BCUT2D eigenvalue weighted by Gasteiger charge is 2.32. The molecule has 1 aliphatic rings. The number of rotatable bonds is 2. The third-order valence-electron chi connectivity index (χ3n) is 4.20. The minimum Gasteiger partial charge on any atom is -0.355 e. The molecule has 1 heterocycles. The standard InChI is InChI=1S/C18H21N/c1-4-8-13-9-7-11-15-17(13)19-16-12-6-5-10-14(16)18(15,2)3/h5-7,9-12,19H,4,8H2,1-3H3. The lowest BCUT2D eigenvalue weighted by Crippen LogP contribution is -2.26. The van der Waals surface area contributed by atoms with Gasteiger partial charge in [0, 0.05) is 16.8 Å². The molecule has 0 atom stereocenters. The Labute approximate surface area is 115 Å². The molecule has 3 rings (SSSR count). The van der Waals surface area contributed by atoms with Crippen molar-refractivity contribution in [3.05, 3.63) is 59.2 Å². The molecule has 1 nitrogen and oxygen atoms in total. The summed E-state index contributed by atoms with van der Waals surface area (Å²) >= 11 is 0. The summed E-state index contributed by atoms with van der Waals surface area (Å²) in [6.07, 6.45) is 2.31. The van der Waals surface area contributed by atoms with Gasteiger partial charge in [-0.15, -0.1) is 0 Å². The normalized spacial score (nSPS) is 15.3. The second kappa shape index (κ2) is 4.41. The van der Waals surface area contributed by atoms with E-state index in [2.05, 4.69) is 68.6 Å². The van der Waals surface area contributed by atoms with Gasteiger partial charge in [-0.3, -0.25) is 0 Å². The number of anilines is 2. The lowest BCUT2D eigenvalue weighted by molar-refractivity contribution is 0.636. The second-order valence-corrected chi connectivity index (χ2v) is 5.89. The van der Waals surface area contributed by atoms with Gasteiger partial charge in [-0.2, -0.15) is 0 Å². The Balaban J connectivity index is 2.21. The van der Waals surface area contributed by atoms with Crippen LogP contribution in [0.1, 0.15) is 43.9 Å². The first-order valence-corrected chi connectivity index (χ1v) is 7.13. The molecule has 0 spiro atoms. The van der Waals surface area contributed by atoms with Crippen molar-refractivity contribution in [2.24, 2.45) is 0 Å². The molecule has 1 heteroatoms. The van der Waals surface area contributed by atoms with E-state index < -0.39 is 0 Å². The number of hydrogen-bond donors (Lipinski definition) is 1. The van der Waals surface area contributed by atoms with Gasteiger partial charge in [0.2, 0.25) is 0 Å². The summed E-state index contributed by atoms with van der Waals surface area (Å²) in [5.74, 6) is 0. The number of benzene rings is 2. The number of para-hydroxylation sites is 2. The highest BCUT2D eigenvalue weighted by atomic mass is 14.9. The van der Waals surface area contributed by atoms with Gasteiger partial charge < -0.3 is 5.32 Å². The number of aryl methyl sites for hydroxylation is 1. The number of fused-ring (bicyclic) bond motifs is 2. The predicted molar refractivity (Wildman–Crippen MR) is 82.3 cm³/mol. The molecule has 0 aliphatic carbocycles. The van der Waals surface area contributed by atoms with Crippen LogP contribution in [0.3, 0.4) is 0 Å². The van der Waals surface area contributed by atoms with Crippen LogP contribution in [0.2, 0.25) is 0 Å². The molecule has 0 aromatic heterocycles. The second-order valence-electron chi connectivity index (χ2n) is 5.89. The third-order valence-corrected chi connectivity index (χ3v) is 4.20. The van der Waals surface area contributed by atoms with Gasteiger partial charge in [0.05, 0.1) is 0 Å². The first kappa shape index (κ1) is 12.3. The quantitative estimate of drug-likeness (QED) is 0.790. The van der Waals surface area contributed by atoms with Crippen molar-refractivity contribution in [3.63, 3.8) is 0 Å². The molecular formula is C18H21N. The van der Waals surface area contributed by atoms with Crippen molar-refractivity contribution >= 4 is 11.4 Å². The molecule has 98 valence electrons. The van der Waals surface area contributed by atoms with E-state index in [1.807, 2.05) is 0 Å². The summed E-state index contributed by atoms with van der Waals surface area (Å²) in [4.78, 5) is 0. The van der Waals surface area contributed by atoms with E-state index in [0.717, 1.165) is 6.42 Å². The fraction of sp³-hybridized carbons (Fsp3) is 0.333. The zero-order chi connectivity index (χ0) is 13.5. The molecule has 19 heavy (non-hydrogen) atoms. The molecule has 0 bridgehead atoms. The van der Waals surface area contributed by atoms with E-state index >= 15 is 0 Å². The van der Waals surface area contributed by atoms with Crippen molar-refractivity contribution in [1.29, 1.82) is 0 Å². The third kappa shape index (κ3) is 1.85. The van der Waals surface area contributed by atoms with Crippen LogP contribution in [0.25, 0.3) is 0 Å². The topological polar surface area (TPSA) is 12.0 Å². The zero-order valence-corrected chi connectivity index (χ0v) is 12.0. The van der Waals surface area contributed by atoms with Gasteiger partial charge in [0.15, 0.2) is 0 Å². The molecular weight excluding hydrogens is 230 g/mol. The number of hydrogen-bond acceptors (Lipinski definition) is 1. The largest absolute Gasteiger partial charge is 0.355 e. The maximum absolute atomic E-state index is 3.65. The lowest BCUT2D eigenvalue weighted by Gasteiger charge is -2.36. The first-order valence-electron chi connectivity index (χ1n) is 7.13. The Morgan fingerprint density at radius 2 is 1.68 bits per heavy atom. The predicted octanol–water partition coefficient (Wildman–Crippen LogP) is 5.02. The highest BCUT2D eigenvalue weighted by molar-refractivity contribution is 5.77. The molecule has 0 amide bonds. The van der Waals surface area contributed by atoms with E-state index in [1.165, 1.54) is 34.5 Å². The van der Waals surface area contributed by atoms with Crippen LogP contribution in [-0.4, -0.2) is 0 Å². The average molecular weight is 251 g/mol.